The third-order valence-corrected chi connectivity index (χ3v) is 10.9. The molecule has 0 aromatic heterocycles. The summed E-state index contributed by atoms with van der Waals surface area (Å²) in [5, 5.41) is 0. The third-order valence-electron chi connectivity index (χ3n) is 10.9. The normalized spacial score (nSPS) is 12.9. The van der Waals surface area contributed by atoms with Gasteiger partial charge in [0.05, 0.1) is 0 Å². The van der Waals surface area contributed by atoms with E-state index in [0.717, 1.165) is 77.0 Å². The maximum absolute atomic E-state index is 12.8. The van der Waals surface area contributed by atoms with E-state index >= 15 is 0 Å². The van der Waals surface area contributed by atoms with Crippen LogP contribution in [0, 0.1) is 0 Å². The molecular formula is C58H96O6. The zero-order valence-electron chi connectivity index (χ0n) is 41.5. The number of unbranched alkanes of at least 4 members (excludes halogenated alkanes) is 24. The Morgan fingerprint density at radius 2 is 0.625 bits per heavy atom. The smallest absolute Gasteiger partial charge is 0.306 e. The van der Waals surface area contributed by atoms with Gasteiger partial charge in [-0.25, -0.2) is 0 Å². The molecule has 6 heteroatoms. The molecule has 0 fully saturated rings. The van der Waals surface area contributed by atoms with E-state index in [4.69, 9.17) is 14.2 Å². The highest BCUT2D eigenvalue weighted by molar-refractivity contribution is 5.71. The lowest BCUT2D eigenvalue weighted by Crippen LogP contribution is -2.30. The molecule has 0 aliphatic carbocycles. The van der Waals surface area contributed by atoms with E-state index in [1.165, 1.54) is 109 Å². The van der Waals surface area contributed by atoms with Crippen molar-refractivity contribution in [2.75, 3.05) is 13.2 Å². The van der Waals surface area contributed by atoms with Gasteiger partial charge < -0.3 is 14.2 Å². The van der Waals surface area contributed by atoms with E-state index in [2.05, 4.69) is 69.4 Å². The van der Waals surface area contributed by atoms with Crippen LogP contribution in [0.5, 0.6) is 0 Å². The number of ether oxygens (including phenoxy) is 3. The molecule has 364 valence electrons. The number of rotatable bonds is 46. The molecule has 1 unspecified atom stereocenters. The molecular weight excluding hydrogens is 793 g/mol. The minimum atomic E-state index is -0.813. The molecule has 0 rings (SSSR count). The van der Waals surface area contributed by atoms with Gasteiger partial charge in [-0.05, 0) is 89.9 Å². The highest BCUT2D eigenvalue weighted by Crippen LogP contribution is 2.13. The molecule has 0 aromatic carbocycles. The van der Waals surface area contributed by atoms with Crippen molar-refractivity contribution in [3.63, 3.8) is 0 Å². The Kier molecular flexibility index (Phi) is 49.0. The lowest BCUT2D eigenvalue weighted by atomic mass is 10.1. The van der Waals surface area contributed by atoms with E-state index in [9.17, 15) is 14.4 Å². The molecule has 0 saturated carbocycles. The van der Waals surface area contributed by atoms with Crippen LogP contribution in [0.1, 0.15) is 233 Å². The van der Waals surface area contributed by atoms with Crippen molar-refractivity contribution in [2.24, 2.45) is 0 Å². The van der Waals surface area contributed by atoms with Gasteiger partial charge in [-0.2, -0.15) is 0 Å². The fourth-order valence-corrected chi connectivity index (χ4v) is 6.98. The molecule has 0 amide bonds. The van der Waals surface area contributed by atoms with E-state index < -0.39 is 6.10 Å². The number of hydrogen-bond acceptors (Lipinski definition) is 6. The summed E-state index contributed by atoms with van der Waals surface area (Å²) in [6.07, 6.45) is 68.2. The number of carbonyl (C=O) groups excluding carboxylic acids is 3. The summed E-state index contributed by atoms with van der Waals surface area (Å²) in [6, 6.07) is 0. The summed E-state index contributed by atoms with van der Waals surface area (Å²) in [5.74, 6) is -0.982. The van der Waals surface area contributed by atoms with E-state index in [0.29, 0.717) is 19.3 Å². The molecule has 0 aliphatic heterocycles. The molecule has 64 heavy (non-hydrogen) atoms. The molecule has 0 bridgehead atoms. The van der Waals surface area contributed by atoms with Crippen LogP contribution in [-0.2, 0) is 28.6 Å². The molecule has 0 radical (unpaired) electrons. The van der Waals surface area contributed by atoms with Crippen LogP contribution < -0.4 is 0 Å². The first-order valence-corrected chi connectivity index (χ1v) is 26.3. The number of allylic oxidation sites excluding steroid dienone is 16. The van der Waals surface area contributed by atoms with E-state index in [1.807, 2.05) is 48.6 Å². The topological polar surface area (TPSA) is 78.9 Å². The Morgan fingerprint density at radius 1 is 0.328 bits per heavy atom. The average molecular weight is 889 g/mol. The van der Waals surface area contributed by atoms with Crippen molar-refractivity contribution in [1.29, 1.82) is 0 Å². The maximum Gasteiger partial charge on any atom is 0.306 e. The SMILES string of the molecule is CC\C=C/C=C\C=C/C=C\C=C/CCCCCC(=O)OC(COC(=O)CCCCC/C=C\C=C/CCCCCCCCC)COC(=O)CCCCCCCCC/C=C\CCCCCC. The van der Waals surface area contributed by atoms with Gasteiger partial charge in [-0.1, -0.05) is 221 Å². The Bertz CT molecular complexity index is 1300. The highest BCUT2D eigenvalue weighted by atomic mass is 16.6. The predicted molar refractivity (Wildman–Crippen MR) is 274 cm³/mol. The fourth-order valence-electron chi connectivity index (χ4n) is 6.98. The summed E-state index contributed by atoms with van der Waals surface area (Å²) in [5.41, 5.74) is 0. The van der Waals surface area contributed by atoms with Crippen LogP contribution in [-0.4, -0.2) is 37.2 Å². The maximum atomic E-state index is 12.8. The van der Waals surface area contributed by atoms with E-state index in [-0.39, 0.29) is 37.5 Å². The lowest BCUT2D eigenvalue weighted by molar-refractivity contribution is -0.167. The summed E-state index contributed by atoms with van der Waals surface area (Å²) < 4.78 is 16.7. The van der Waals surface area contributed by atoms with Crippen LogP contribution in [0.4, 0.5) is 0 Å². The van der Waals surface area contributed by atoms with Crippen molar-refractivity contribution >= 4 is 17.9 Å². The van der Waals surface area contributed by atoms with Crippen molar-refractivity contribution in [3.8, 4) is 0 Å². The molecule has 6 nitrogen and oxygen atoms in total. The summed E-state index contributed by atoms with van der Waals surface area (Å²) in [7, 11) is 0. The molecule has 0 aliphatic rings. The Balaban J connectivity index is 4.52. The molecule has 1 atom stereocenters. The van der Waals surface area contributed by atoms with Crippen LogP contribution >= 0.6 is 0 Å². The van der Waals surface area contributed by atoms with Crippen molar-refractivity contribution in [2.45, 2.75) is 239 Å². The first-order chi connectivity index (χ1) is 31.5. The third kappa shape index (κ3) is 49.3. The minimum absolute atomic E-state index is 0.107. The van der Waals surface area contributed by atoms with Gasteiger partial charge in [0.1, 0.15) is 13.2 Å². The van der Waals surface area contributed by atoms with Crippen LogP contribution in [0.15, 0.2) is 97.2 Å². The summed E-state index contributed by atoms with van der Waals surface area (Å²) in [4.78, 5) is 38.0. The molecule has 0 heterocycles. The highest BCUT2D eigenvalue weighted by Gasteiger charge is 2.19. The quantitative estimate of drug-likeness (QED) is 0.0199. The number of hydrogen-bond donors (Lipinski definition) is 0. The van der Waals surface area contributed by atoms with Crippen molar-refractivity contribution < 1.29 is 28.6 Å². The second-order valence-corrected chi connectivity index (χ2v) is 17.2. The van der Waals surface area contributed by atoms with Crippen molar-refractivity contribution in [3.05, 3.63) is 97.2 Å². The van der Waals surface area contributed by atoms with Crippen LogP contribution in [0.25, 0.3) is 0 Å². The summed E-state index contributed by atoms with van der Waals surface area (Å²) >= 11 is 0. The molecule has 0 N–H and O–H groups in total. The van der Waals surface area contributed by atoms with Gasteiger partial charge >= 0.3 is 17.9 Å². The second-order valence-electron chi connectivity index (χ2n) is 17.2. The Labute approximate surface area is 394 Å². The fraction of sp³-hybridized carbons (Fsp3) is 0.672. The summed E-state index contributed by atoms with van der Waals surface area (Å²) in [6.45, 7) is 6.41. The van der Waals surface area contributed by atoms with Crippen LogP contribution in [0.2, 0.25) is 0 Å². The molecule has 0 spiro atoms. The van der Waals surface area contributed by atoms with Gasteiger partial charge in [0, 0.05) is 19.3 Å². The standard InChI is InChI=1S/C58H96O6/c1-4-7-10-13-16-19-22-25-28-31-33-36-39-42-45-48-51-57(60)63-54-55(64-58(61)52-49-46-43-40-37-34-30-27-24-21-18-15-12-9-6-3)53-62-56(59)50-47-44-41-38-35-32-29-26-23-20-17-14-11-8-5-2/h9,12,15,18,20-21,23-24,27-28,30-31,33-34,36-37,55H,4-8,10-11,13-14,16-17,19,22,25-26,29,32,35,38-54H2,1-3H3/b12-9-,18-15-,23-20-,24-21-,30-27-,31-28-,36-33-,37-34-. The first-order valence-electron chi connectivity index (χ1n) is 26.3. The van der Waals surface area contributed by atoms with Crippen LogP contribution in [0.3, 0.4) is 0 Å². The predicted octanol–water partition coefficient (Wildman–Crippen LogP) is 17.4. The van der Waals surface area contributed by atoms with Gasteiger partial charge in [0.15, 0.2) is 6.10 Å². The second kappa shape index (κ2) is 52.0. The largest absolute Gasteiger partial charge is 0.462 e. The zero-order valence-corrected chi connectivity index (χ0v) is 41.5. The average Bonchev–Trinajstić information content (AvgIpc) is 3.29. The van der Waals surface area contributed by atoms with E-state index in [1.54, 1.807) is 0 Å². The van der Waals surface area contributed by atoms with Gasteiger partial charge in [0.25, 0.3) is 0 Å². The zero-order chi connectivity index (χ0) is 46.5. The number of esters is 3. The Morgan fingerprint density at radius 3 is 1.05 bits per heavy atom. The van der Waals surface area contributed by atoms with Crippen molar-refractivity contribution in [1.82, 2.24) is 0 Å². The van der Waals surface area contributed by atoms with Gasteiger partial charge in [-0.3, -0.25) is 14.4 Å². The number of carbonyl (C=O) groups is 3. The first kappa shape index (κ1) is 60.3. The monoisotopic (exact) mass is 889 g/mol. The lowest BCUT2D eigenvalue weighted by Gasteiger charge is -2.18. The van der Waals surface area contributed by atoms with Gasteiger partial charge in [-0.15, -0.1) is 0 Å². The minimum Gasteiger partial charge on any atom is -0.462 e. The molecule has 0 saturated heterocycles. The Hall–Kier alpha value is -3.67. The van der Waals surface area contributed by atoms with Gasteiger partial charge in [0.2, 0.25) is 0 Å². The molecule has 0 aromatic rings.